The molecule has 0 aromatic carbocycles. The van der Waals surface area contributed by atoms with Crippen molar-refractivity contribution in [2.75, 3.05) is 7.11 Å². The van der Waals surface area contributed by atoms with Crippen LogP contribution in [0.25, 0.3) is 0 Å². The number of hydrogen-bond donors (Lipinski definition) is 0. The Morgan fingerprint density at radius 3 is 2.57 bits per heavy atom. The van der Waals surface area contributed by atoms with E-state index in [0.717, 1.165) is 46.2 Å². The lowest BCUT2D eigenvalue weighted by molar-refractivity contribution is -0.120. The van der Waals surface area contributed by atoms with E-state index in [0.29, 0.717) is 18.1 Å². The number of pyridine rings is 1. The van der Waals surface area contributed by atoms with Gasteiger partial charge in [0.25, 0.3) is 0 Å². The first-order valence-corrected chi connectivity index (χ1v) is 8.13. The van der Waals surface area contributed by atoms with E-state index in [9.17, 15) is 4.79 Å². The van der Waals surface area contributed by atoms with E-state index >= 15 is 0 Å². The maximum atomic E-state index is 12.7. The van der Waals surface area contributed by atoms with Crippen LogP contribution in [0, 0.1) is 43.4 Å². The summed E-state index contributed by atoms with van der Waals surface area (Å²) in [6.45, 7) is 4.01. The number of fused-ring (bicyclic) bond motifs is 5. The molecule has 4 atom stereocenters. The lowest BCUT2D eigenvalue weighted by Gasteiger charge is -2.13. The lowest BCUT2D eigenvalue weighted by Crippen LogP contribution is -2.14. The molecule has 4 rings (SSSR count). The van der Waals surface area contributed by atoms with Gasteiger partial charge in [0.2, 0.25) is 0 Å². The highest BCUT2D eigenvalue weighted by Crippen LogP contribution is 2.69. The Morgan fingerprint density at radius 1 is 1.29 bits per heavy atom. The summed E-state index contributed by atoms with van der Waals surface area (Å²) in [6.07, 6.45) is 6.44. The Balaban J connectivity index is 1.51. The van der Waals surface area contributed by atoms with Crippen LogP contribution in [0.5, 0.6) is 5.75 Å². The Labute approximate surface area is 126 Å². The summed E-state index contributed by atoms with van der Waals surface area (Å²) in [6, 6.07) is 0. The fourth-order valence-electron chi connectivity index (χ4n) is 5.29. The maximum Gasteiger partial charge on any atom is 0.142 e. The summed E-state index contributed by atoms with van der Waals surface area (Å²) >= 11 is 0. The third-order valence-electron chi connectivity index (χ3n) is 6.20. The second kappa shape index (κ2) is 4.56. The number of aryl methyl sites for hydroxylation is 1. The Hall–Kier alpha value is -1.38. The molecule has 3 aliphatic rings. The molecule has 2 bridgehead atoms. The van der Waals surface area contributed by atoms with Crippen LogP contribution < -0.4 is 4.74 Å². The summed E-state index contributed by atoms with van der Waals surface area (Å²) in [5, 5.41) is 0. The molecule has 0 saturated heterocycles. The molecular formula is C18H23NO2. The molecule has 21 heavy (non-hydrogen) atoms. The van der Waals surface area contributed by atoms with Crippen LogP contribution in [0.4, 0.5) is 0 Å². The Bertz CT molecular complexity index is 593. The van der Waals surface area contributed by atoms with Crippen LogP contribution in [0.1, 0.15) is 36.1 Å². The topological polar surface area (TPSA) is 39.2 Å². The van der Waals surface area contributed by atoms with Gasteiger partial charge in [-0.2, -0.15) is 0 Å². The zero-order chi connectivity index (χ0) is 14.7. The molecule has 0 aliphatic heterocycles. The summed E-state index contributed by atoms with van der Waals surface area (Å²) in [5.74, 6) is 4.82. The van der Waals surface area contributed by atoms with Gasteiger partial charge in [-0.05, 0) is 56.8 Å². The van der Waals surface area contributed by atoms with E-state index in [1.54, 1.807) is 7.11 Å². The number of aromatic nitrogens is 1. The van der Waals surface area contributed by atoms with Gasteiger partial charge in [0, 0.05) is 29.7 Å². The minimum atomic E-state index is 0.352. The number of Topliss-reactive ketones (excluding diaryl/α,β-unsaturated/α-hetero) is 1. The van der Waals surface area contributed by atoms with Crippen molar-refractivity contribution >= 4 is 5.78 Å². The smallest absolute Gasteiger partial charge is 0.142 e. The third-order valence-corrected chi connectivity index (χ3v) is 6.20. The maximum absolute atomic E-state index is 12.7. The molecular weight excluding hydrogens is 262 g/mol. The molecule has 112 valence electrons. The van der Waals surface area contributed by atoms with Gasteiger partial charge >= 0.3 is 0 Å². The van der Waals surface area contributed by atoms with E-state index < -0.39 is 0 Å². The largest absolute Gasteiger partial charge is 0.496 e. The molecule has 3 nitrogen and oxygen atoms in total. The predicted molar refractivity (Wildman–Crippen MR) is 80.3 cm³/mol. The number of ketones is 1. The number of rotatable bonds is 4. The van der Waals surface area contributed by atoms with Gasteiger partial charge in [0.05, 0.1) is 12.8 Å². The van der Waals surface area contributed by atoms with Crippen molar-refractivity contribution in [3.8, 4) is 5.75 Å². The molecule has 3 aliphatic carbocycles. The molecule has 3 fully saturated rings. The third kappa shape index (κ3) is 1.86. The SMILES string of the molecule is COc1c(C)cnc(CC(=O)C2C3C4CCC(C4)C23)c1C. The molecule has 0 amide bonds. The van der Waals surface area contributed by atoms with E-state index in [4.69, 9.17) is 4.74 Å². The molecule has 1 heterocycles. The summed E-state index contributed by atoms with van der Waals surface area (Å²) in [5.41, 5.74) is 2.96. The van der Waals surface area contributed by atoms with E-state index in [2.05, 4.69) is 4.98 Å². The van der Waals surface area contributed by atoms with Gasteiger partial charge in [-0.3, -0.25) is 9.78 Å². The van der Waals surface area contributed by atoms with Crippen molar-refractivity contribution in [2.24, 2.45) is 29.6 Å². The van der Waals surface area contributed by atoms with Crippen LogP contribution in [-0.4, -0.2) is 17.9 Å². The Morgan fingerprint density at radius 2 is 1.95 bits per heavy atom. The van der Waals surface area contributed by atoms with E-state index in [-0.39, 0.29) is 0 Å². The molecule has 0 spiro atoms. The lowest BCUT2D eigenvalue weighted by atomic mass is 9.96. The van der Waals surface area contributed by atoms with Crippen molar-refractivity contribution in [3.63, 3.8) is 0 Å². The van der Waals surface area contributed by atoms with Gasteiger partial charge < -0.3 is 4.74 Å². The highest BCUT2D eigenvalue weighted by atomic mass is 16.5. The van der Waals surface area contributed by atoms with Gasteiger partial charge in [-0.15, -0.1) is 0 Å². The average Bonchev–Trinajstić information content (AvgIpc) is 2.91. The second-order valence-electron chi connectivity index (χ2n) is 7.20. The zero-order valence-electron chi connectivity index (χ0n) is 13.1. The van der Waals surface area contributed by atoms with Gasteiger partial charge in [0.15, 0.2) is 0 Å². The zero-order valence-corrected chi connectivity index (χ0v) is 13.1. The molecule has 3 heteroatoms. The minimum Gasteiger partial charge on any atom is -0.496 e. The van der Waals surface area contributed by atoms with Gasteiger partial charge in [0.1, 0.15) is 11.5 Å². The van der Waals surface area contributed by atoms with Crippen molar-refractivity contribution in [1.82, 2.24) is 4.98 Å². The van der Waals surface area contributed by atoms with E-state index in [1.807, 2.05) is 20.0 Å². The van der Waals surface area contributed by atoms with Crippen LogP contribution in [0.15, 0.2) is 6.20 Å². The molecule has 1 aromatic heterocycles. The van der Waals surface area contributed by atoms with Crippen molar-refractivity contribution in [3.05, 3.63) is 23.0 Å². The normalized spacial score (nSPS) is 35.7. The van der Waals surface area contributed by atoms with Crippen molar-refractivity contribution in [1.29, 1.82) is 0 Å². The van der Waals surface area contributed by atoms with Crippen LogP contribution in [0.2, 0.25) is 0 Å². The molecule has 0 radical (unpaired) electrons. The van der Waals surface area contributed by atoms with Crippen LogP contribution in [0.3, 0.4) is 0 Å². The quantitative estimate of drug-likeness (QED) is 0.853. The monoisotopic (exact) mass is 285 g/mol. The van der Waals surface area contributed by atoms with Crippen molar-refractivity contribution < 1.29 is 9.53 Å². The summed E-state index contributed by atoms with van der Waals surface area (Å²) in [7, 11) is 1.68. The van der Waals surface area contributed by atoms with Gasteiger partial charge in [-0.1, -0.05) is 0 Å². The molecule has 1 aromatic rings. The highest BCUT2D eigenvalue weighted by Gasteiger charge is 2.66. The summed E-state index contributed by atoms with van der Waals surface area (Å²) in [4.78, 5) is 17.1. The highest BCUT2D eigenvalue weighted by molar-refractivity contribution is 5.87. The number of methoxy groups -OCH3 is 1. The van der Waals surface area contributed by atoms with Crippen molar-refractivity contribution in [2.45, 2.75) is 39.5 Å². The second-order valence-corrected chi connectivity index (χ2v) is 7.20. The number of carbonyl (C=O) groups is 1. The predicted octanol–water partition coefficient (Wildman–Crippen LogP) is 3.11. The fourth-order valence-corrected chi connectivity index (χ4v) is 5.29. The number of ether oxygens (including phenoxy) is 1. The number of hydrogen-bond acceptors (Lipinski definition) is 3. The molecule has 4 unspecified atom stereocenters. The minimum absolute atomic E-state index is 0.352. The van der Waals surface area contributed by atoms with Gasteiger partial charge in [-0.25, -0.2) is 0 Å². The Kier molecular flexibility index (Phi) is 2.88. The van der Waals surface area contributed by atoms with E-state index in [1.165, 1.54) is 19.3 Å². The first-order valence-electron chi connectivity index (χ1n) is 8.13. The molecule has 3 saturated carbocycles. The summed E-state index contributed by atoms with van der Waals surface area (Å²) < 4.78 is 5.44. The standard InChI is InChI=1S/C18H23NO2/c1-9-8-19-13(10(2)18(9)21-3)7-14(20)17-15-11-4-5-12(6-11)16(15)17/h8,11-12,15-17H,4-7H2,1-3H3. The number of nitrogens with zero attached hydrogens (tertiary/aromatic N) is 1. The number of carbonyl (C=O) groups excluding carboxylic acids is 1. The van der Waals surface area contributed by atoms with Crippen LogP contribution in [-0.2, 0) is 11.2 Å². The molecule has 0 N–H and O–H groups in total. The first-order chi connectivity index (χ1) is 10.1. The fraction of sp³-hybridized carbons (Fsp3) is 0.667. The van der Waals surface area contributed by atoms with Crippen LogP contribution >= 0.6 is 0 Å². The average molecular weight is 285 g/mol. The first kappa shape index (κ1) is 13.3.